The summed E-state index contributed by atoms with van der Waals surface area (Å²) in [6.07, 6.45) is -0.125. The van der Waals surface area contributed by atoms with E-state index in [2.05, 4.69) is 10.6 Å². The average Bonchev–Trinajstić information content (AvgIpc) is 2.77. The number of urea groups is 1. The van der Waals surface area contributed by atoms with E-state index in [1.165, 1.54) is 0 Å². The molecule has 0 saturated heterocycles. The van der Waals surface area contributed by atoms with E-state index in [1.807, 2.05) is 0 Å². The molecule has 18 heavy (non-hydrogen) atoms. The normalized spacial score (nSPS) is 12.0. The number of benzene rings is 1. The van der Waals surface area contributed by atoms with Crippen LogP contribution in [0, 0.1) is 0 Å². The third kappa shape index (κ3) is 2.82. The predicted molar refractivity (Wildman–Crippen MR) is 61.8 cm³/mol. The molecule has 0 spiro atoms. The van der Waals surface area contributed by atoms with Crippen LogP contribution < -0.4 is 20.1 Å². The van der Waals surface area contributed by atoms with Gasteiger partial charge in [0.05, 0.1) is 12.1 Å². The summed E-state index contributed by atoms with van der Waals surface area (Å²) in [4.78, 5) is 21.8. The van der Waals surface area contributed by atoms with Gasteiger partial charge >= 0.3 is 12.0 Å². The number of rotatable bonds is 4. The number of aliphatic carboxylic acids is 1. The maximum absolute atomic E-state index is 11.5. The summed E-state index contributed by atoms with van der Waals surface area (Å²) in [5, 5.41) is 13.4. The smallest absolute Gasteiger partial charge is 0.319 e. The predicted octanol–water partition coefficient (Wildman–Crippen LogP) is 1.01. The Morgan fingerprint density at radius 1 is 1.33 bits per heavy atom. The number of carboxylic acids is 1. The molecule has 2 rings (SSSR count). The fourth-order valence-corrected chi connectivity index (χ4v) is 1.48. The van der Waals surface area contributed by atoms with Gasteiger partial charge in [0.1, 0.15) is 0 Å². The fourth-order valence-electron chi connectivity index (χ4n) is 1.48. The van der Waals surface area contributed by atoms with Crippen LogP contribution in [-0.2, 0) is 4.79 Å². The maximum atomic E-state index is 11.5. The monoisotopic (exact) mass is 252 g/mol. The lowest BCUT2D eigenvalue weighted by molar-refractivity contribution is -0.136. The zero-order valence-electron chi connectivity index (χ0n) is 9.43. The van der Waals surface area contributed by atoms with Crippen molar-refractivity contribution in [3.05, 3.63) is 18.2 Å². The van der Waals surface area contributed by atoms with Crippen molar-refractivity contribution >= 4 is 17.7 Å². The topological polar surface area (TPSA) is 96.9 Å². The Bertz CT molecular complexity index is 475. The standard InChI is InChI=1S/C11H12N2O5/c14-9(15)4-5-12-11(16)13-7-2-1-3-8-10(7)18-6-17-8/h1-3H,4-6H2,(H,14,15)(H2,12,13,16). The molecule has 0 fully saturated rings. The molecule has 0 atom stereocenters. The van der Waals surface area contributed by atoms with Crippen LogP contribution in [0.3, 0.4) is 0 Å². The van der Waals surface area contributed by atoms with Crippen molar-refractivity contribution in [3.8, 4) is 11.5 Å². The summed E-state index contributed by atoms with van der Waals surface area (Å²) in [6, 6.07) is 4.64. The van der Waals surface area contributed by atoms with Gasteiger partial charge in [-0.25, -0.2) is 4.79 Å². The number of hydrogen-bond donors (Lipinski definition) is 3. The number of amides is 2. The molecule has 7 heteroatoms. The van der Waals surface area contributed by atoms with Crippen LogP contribution in [0.2, 0.25) is 0 Å². The van der Waals surface area contributed by atoms with E-state index in [4.69, 9.17) is 14.6 Å². The molecule has 1 aromatic rings. The van der Waals surface area contributed by atoms with Crippen molar-refractivity contribution in [1.29, 1.82) is 0 Å². The number of carbonyl (C=O) groups excluding carboxylic acids is 1. The summed E-state index contributed by atoms with van der Waals surface area (Å²) < 4.78 is 10.4. The number of carbonyl (C=O) groups is 2. The molecule has 3 N–H and O–H groups in total. The van der Waals surface area contributed by atoms with E-state index >= 15 is 0 Å². The quantitative estimate of drug-likeness (QED) is 0.743. The van der Waals surface area contributed by atoms with Crippen LogP contribution in [0.15, 0.2) is 18.2 Å². The lowest BCUT2D eigenvalue weighted by atomic mass is 10.2. The highest BCUT2D eigenvalue weighted by molar-refractivity contribution is 5.91. The van der Waals surface area contributed by atoms with Crippen LogP contribution >= 0.6 is 0 Å². The SMILES string of the molecule is O=C(O)CCNC(=O)Nc1cccc2c1OCO2. The second kappa shape index (κ2) is 5.26. The summed E-state index contributed by atoms with van der Waals surface area (Å²) >= 11 is 0. The third-order valence-electron chi connectivity index (χ3n) is 2.27. The molecular weight excluding hydrogens is 240 g/mol. The third-order valence-corrected chi connectivity index (χ3v) is 2.27. The van der Waals surface area contributed by atoms with Crippen LogP contribution in [0.25, 0.3) is 0 Å². The van der Waals surface area contributed by atoms with Crippen molar-refractivity contribution in [2.45, 2.75) is 6.42 Å². The van der Waals surface area contributed by atoms with Gasteiger partial charge in [-0.3, -0.25) is 4.79 Å². The number of para-hydroxylation sites is 1. The minimum absolute atomic E-state index is 0.0630. The second-order valence-electron chi connectivity index (χ2n) is 3.56. The van der Waals surface area contributed by atoms with Gasteiger partial charge in [0, 0.05) is 6.54 Å². The first kappa shape index (κ1) is 12.0. The van der Waals surface area contributed by atoms with Crippen LogP contribution in [-0.4, -0.2) is 30.4 Å². The van der Waals surface area contributed by atoms with Crippen molar-refractivity contribution < 1.29 is 24.2 Å². The lowest BCUT2D eigenvalue weighted by Gasteiger charge is -2.08. The minimum atomic E-state index is -0.965. The van der Waals surface area contributed by atoms with Gasteiger partial charge in [0.2, 0.25) is 6.79 Å². The largest absolute Gasteiger partial charge is 0.481 e. The van der Waals surface area contributed by atoms with E-state index in [0.717, 1.165) is 0 Å². The van der Waals surface area contributed by atoms with E-state index < -0.39 is 12.0 Å². The van der Waals surface area contributed by atoms with E-state index in [-0.39, 0.29) is 19.8 Å². The Kier molecular flexibility index (Phi) is 3.52. The van der Waals surface area contributed by atoms with Gasteiger partial charge in [-0.05, 0) is 12.1 Å². The molecule has 96 valence electrons. The van der Waals surface area contributed by atoms with Crippen molar-refractivity contribution in [1.82, 2.24) is 5.32 Å². The highest BCUT2D eigenvalue weighted by Gasteiger charge is 2.18. The Hall–Kier alpha value is -2.44. The first-order valence-electron chi connectivity index (χ1n) is 5.32. The van der Waals surface area contributed by atoms with Crippen molar-refractivity contribution in [2.75, 3.05) is 18.7 Å². The van der Waals surface area contributed by atoms with E-state index in [9.17, 15) is 9.59 Å². The summed E-state index contributed by atoms with van der Waals surface area (Å²) in [7, 11) is 0. The number of hydrogen-bond acceptors (Lipinski definition) is 4. The van der Waals surface area contributed by atoms with Gasteiger partial charge in [-0.1, -0.05) is 6.07 Å². The Morgan fingerprint density at radius 3 is 2.94 bits per heavy atom. The Labute approximate surface area is 103 Å². The molecule has 0 aromatic heterocycles. The number of fused-ring (bicyclic) bond motifs is 1. The van der Waals surface area contributed by atoms with E-state index in [1.54, 1.807) is 18.2 Å². The fraction of sp³-hybridized carbons (Fsp3) is 0.273. The maximum Gasteiger partial charge on any atom is 0.319 e. The molecule has 2 amide bonds. The molecule has 0 saturated carbocycles. The van der Waals surface area contributed by atoms with Crippen molar-refractivity contribution in [2.24, 2.45) is 0 Å². The van der Waals surface area contributed by atoms with Gasteiger partial charge in [-0.2, -0.15) is 0 Å². The van der Waals surface area contributed by atoms with Gasteiger partial charge in [0.15, 0.2) is 11.5 Å². The molecule has 1 aromatic carbocycles. The number of anilines is 1. The average molecular weight is 252 g/mol. The molecule has 0 unspecified atom stereocenters. The first-order chi connectivity index (χ1) is 8.66. The van der Waals surface area contributed by atoms with E-state index in [0.29, 0.717) is 17.2 Å². The number of ether oxygens (including phenoxy) is 2. The number of carboxylic acid groups (broad SMARTS) is 1. The van der Waals surface area contributed by atoms with Crippen LogP contribution in [0.1, 0.15) is 6.42 Å². The summed E-state index contributed by atoms with van der Waals surface area (Å²) in [5.41, 5.74) is 0.484. The Morgan fingerprint density at radius 2 is 2.17 bits per heavy atom. The lowest BCUT2D eigenvalue weighted by Crippen LogP contribution is -2.30. The van der Waals surface area contributed by atoms with Crippen LogP contribution in [0.5, 0.6) is 11.5 Å². The summed E-state index contributed by atoms with van der Waals surface area (Å²) in [5.74, 6) is 0.0804. The van der Waals surface area contributed by atoms with Gasteiger partial charge in [-0.15, -0.1) is 0 Å². The van der Waals surface area contributed by atoms with Crippen LogP contribution in [0.4, 0.5) is 10.5 Å². The highest BCUT2D eigenvalue weighted by atomic mass is 16.7. The summed E-state index contributed by atoms with van der Waals surface area (Å²) in [6.45, 7) is 0.183. The molecule has 1 aliphatic rings. The zero-order valence-corrected chi connectivity index (χ0v) is 9.43. The molecular formula is C11H12N2O5. The van der Waals surface area contributed by atoms with Gasteiger partial charge in [0.25, 0.3) is 0 Å². The first-order valence-corrected chi connectivity index (χ1v) is 5.32. The zero-order chi connectivity index (χ0) is 13.0. The minimum Gasteiger partial charge on any atom is -0.481 e. The van der Waals surface area contributed by atoms with Crippen molar-refractivity contribution in [3.63, 3.8) is 0 Å². The molecule has 0 bridgehead atoms. The molecule has 1 heterocycles. The number of nitrogens with one attached hydrogen (secondary N) is 2. The van der Waals surface area contributed by atoms with Gasteiger partial charge < -0.3 is 25.2 Å². The molecule has 7 nitrogen and oxygen atoms in total. The Balaban J connectivity index is 1.91. The highest BCUT2D eigenvalue weighted by Crippen LogP contribution is 2.38. The molecule has 1 aliphatic heterocycles. The molecule has 0 radical (unpaired) electrons. The second-order valence-corrected chi connectivity index (χ2v) is 3.56. The molecule has 0 aliphatic carbocycles.